The predicted octanol–water partition coefficient (Wildman–Crippen LogP) is 3.02. The quantitative estimate of drug-likeness (QED) is 0.137. The fraction of sp³-hybridized carbons (Fsp3) is 0.840. The second-order valence-corrected chi connectivity index (χ2v) is 13.6. The average Bonchev–Trinajstić information content (AvgIpc) is 3.24. The fourth-order valence-corrected chi connectivity index (χ4v) is 8.28. The summed E-state index contributed by atoms with van der Waals surface area (Å²) in [6, 6.07) is -1.67. The topological polar surface area (TPSA) is 127 Å². The Morgan fingerprint density at radius 2 is 1.74 bits per heavy atom. The van der Waals surface area contributed by atoms with Crippen molar-refractivity contribution in [2.45, 2.75) is 109 Å². The third kappa shape index (κ3) is 10.3. The normalized spacial score (nSPS) is 22.4. The van der Waals surface area contributed by atoms with Crippen molar-refractivity contribution in [3.05, 3.63) is 0 Å². The maximum atomic E-state index is 13.2. The summed E-state index contributed by atoms with van der Waals surface area (Å²) in [4.78, 5) is 50.8. The highest BCUT2D eigenvalue weighted by atomic mass is 33.1. The number of carbonyl (C=O) groups excluding carboxylic acids is 4. The molecule has 1 saturated heterocycles. The van der Waals surface area contributed by atoms with Gasteiger partial charge in [0.15, 0.2) is 0 Å². The molecule has 35 heavy (non-hydrogen) atoms. The smallest absolute Gasteiger partial charge is 0.289 e. The molecule has 2 unspecified atom stereocenters. The van der Waals surface area contributed by atoms with E-state index in [0.717, 1.165) is 50.7 Å². The molecule has 0 aromatic rings. The molecule has 0 aromatic heterocycles. The third-order valence-corrected chi connectivity index (χ3v) is 10.5. The summed E-state index contributed by atoms with van der Waals surface area (Å²) < 4.78 is 11.8. The number of hydrogen-bond acceptors (Lipinski definition) is 6. The lowest BCUT2D eigenvalue weighted by Crippen LogP contribution is -2.55. The van der Waals surface area contributed by atoms with Crippen molar-refractivity contribution in [1.29, 1.82) is 0 Å². The SMILES string of the molecule is CCNC(=O)C(=O)[C@H](CC1CCCCC1)NC(=O)[C@@H](NC(=O)CCCCC1CCS[S+]1[O-])C(C)C. The first kappa shape index (κ1) is 30.0. The summed E-state index contributed by atoms with van der Waals surface area (Å²) in [6.45, 7) is 5.78. The molecule has 2 rings (SSSR count). The molecule has 4 atom stereocenters. The molecule has 0 spiro atoms. The van der Waals surface area contributed by atoms with Gasteiger partial charge in [-0.1, -0.05) is 46.0 Å². The summed E-state index contributed by atoms with van der Waals surface area (Å²) >= 11 is 0. The second kappa shape index (κ2) is 15.8. The van der Waals surface area contributed by atoms with Crippen molar-refractivity contribution in [3.8, 4) is 0 Å². The monoisotopic (exact) mass is 529 g/mol. The lowest BCUT2D eigenvalue weighted by molar-refractivity contribution is -0.141. The summed E-state index contributed by atoms with van der Waals surface area (Å²) in [5.74, 6) is -0.876. The van der Waals surface area contributed by atoms with Crippen LogP contribution in [-0.4, -0.2) is 57.7 Å². The molecular weight excluding hydrogens is 486 g/mol. The van der Waals surface area contributed by atoms with Crippen molar-refractivity contribution in [1.82, 2.24) is 16.0 Å². The molecule has 2 fully saturated rings. The summed E-state index contributed by atoms with van der Waals surface area (Å²) in [5.41, 5.74) is 0. The Labute approximate surface area is 216 Å². The van der Waals surface area contributed by atoms with E-state index < -0.39 is 39.9 Å². The van der Waals surface area contributed by atoms with E-state index in [4.69, 9.17) is 0 Å². The molecule has 1 aliphatic carbocycles. The van der Waals surface area contributed by atoms with Crippen molar-refractivity contribution >= 4 is 44.5 Å². The van der Waals surface area contributed by atoms with Crippen molar-refractivity contribution < 1.29 is 23.7 Å². The van der Waals surface area contributed by atoms with E-state index in [0.29, 0.717) is 31.7 Å². The van der Waals surface area contributed by atoms with Crippen molar-refractivity contribution in [2.24, 2.45) is 11.8 Å². The van der Waals surface area contributed by atoms with Gasteiger partial charge in [0.25, 0.3) is 5.91 Å². The molecule has 0 aromatic carbocycles. The van der Waals surface area contributed by atoms with Crippen LogP contribution in [0.1, 0.15) is 91.4 Å². The Morgan fingerprint density at radius 3 is 2.34 bits per heavy atom. The van der Waals surface area contributed by atoms with Crippen LogP contribution < -0.4 is 16.0 Å². The van der Waals surface area contributed by atoms with Gasteiger partial charge in [0.05, 0.1) is 16.8 Å². The van der Waals surface area contributed by atoms with Crippen LogP contribution in [-0.2, 0) is 29.4 Å². The minimum Gasteiger partial charge on any atom is -0.605 e. The molecule has 1 saturated carbocycles. The standard InChI is InChI=1S/C25H43N3O5S2/c1-4-26-25(32)23(30)20(16-18-10-6-5-7-11-18)27-24(31)22(17(2)3)28-21(29)13-9-8-12-19-14-15-34-35(19)33/h17-20,22H,4-16H2,1-3H3,(H,26,32)(H,27,31)(H,28,29)/t19?,20-,22-,35?/m0/s1. The van der Waals surface area contributed by atoms with Gasteiger partial charge in [0.2, 0.25) is 17.6 Å². The van der Waals surface area contributed by atoms with Gasteiger partial charge in [-0.25, -0.2) is 0 Å². The maximum Gasteiger partial charge on any atom is 0.289 e. The van der Waals surface area contributed by atoms with Gasteiger partial charge in [0, 0.05) is 35.3 Å². The minimum absolute atomic E-state index is 0.174. The third-order valence-electron chi connectivity index (χ3n) is 6.84. The second-order valence-electron chi connectivity index (χ2n) is 10.1. The Morgan fingerprint density at radius 1 is 1.03 bits per heavy atom. The van der Waals surface area contributed by atoms with E-state index in [1.165, 1.54) is 17.2 Å². The summed E-state index contributed by atoms with van der Waals surface area (Å²) in [7, 11) is 0.699. The molecule has 3 amide bonds. The van der Waals surface area contributed by atoms with Crippen LogP contribution in [0.4, 0.5) is 0 Å². The van der Waals surface area contributed by atoms with Gasteiger partial charge in [-0.15, -0.1) is 0 Å². The van der Waals surface area contributed by atoms with Crippen molar-refractivity contribution in [3.63, 3.8) is 0 Å². The first-order valence-corrected chi connectivity index (χ1v) is 15.9. The zero-order valence-corrected chi connectivity index (χ0v) is 23.1. The summed E-state index contributed by atoms with van der Waals surface area (Å²) in [5, 5.41) is 8.39. The molecular formula is C25H43N3O5S2. The maximum absolute atomic E-state index is 13.2. The zero-order valence-electron chi connectivity index (χ0n) is 21.4. The Bertz CT molecular complexity index is 715. The number of ketones is 1. The van der Waals surface area contributed by atoms with Gasteiger partial charge in [0.1, 0.15) is 11.3 Å². The molecule has 1 heterocycles. The van der Waals surface area contributed by atoms with Gasteiger partial charge < -0.3 is 20.5 Å². The van der Waals surface area contributed by atoms with E-state index in [-0.39, 0.29) is 17.1 Å². The lowest BCUT2D eigenvalue weighted by Gasteiger charge is -2.28. The van der Waals surface area contributed by atoms with Crippen molar-refractivity contribution in [2.75, 3.05) is 12.3 Å². The highest BCUT2D eigenvalue weighted by Crippen LogP contribution is 2.33. The number of hydrogen-bond donors (Lipinski definition) is 3. The Hall–Kier alpha value is -1.26. The van der Waals surface area contributed by atoms with Gasteiger partial charge >= 0.3 is 0 Å². The molecule has 3 N–H and O–H groups in total. The fourth-order valence-electron chi connectivity index (χ4n) is 4.79. The number of nitrogens with one attached hydrogen (secondary N) is 3. The van der Waals surface area contributed by atoms with Crippen LogP contribution in [0, 0.1) is 11.8 Å². The van der Waals surface area contributed by atoms with E-state index >= 15 is 0 Å². The van der Waals surface area contributed by atoms with E-state index in [1.807, 2.05) is 13.8 Å². The molecule has 0 radical (unpaired) electrons. The van der Waals surface area contributed by atoms with Crippen LogP contribution in [0.25, 0.3) is 0 Å². The Kier molecular flexibility index (Phi) is 13.5. The summed E-state index contributed by atoms with van der Waals surface area (Å²) in [6.07, 6.45) is 9.43. The number of unbranched alkanes of at least 4 members (excludes halogenated alkanes) is 1. The highest BCUT2D eigenvalue weighted by Gasteiger charge is 2.33. The largest absolute Gasteiger partial charge is 0.605 e. The number of Topliss-reactive ketones (excluding diaryl/α,β-unsaturated/α-hetero) is 1. The first-order valence-electron chi connectivity index (χ1n) is 13.2. The molecule has 8 nitrogen and oxygen atoms in total. The van der Waals surface area contributed by atoms with Gasteiger partial charge in [-0.3, -0.25) is 19.2 Å². The molecule has 0 bridgehead atoms. The van der Waals surface area contributed by atoms with E-state index in [9.17, 15) is 23.7 Å². The number of amides is 3. The van der Waals surface area contributed by atoms with Crippen LogP contribution in [0.15, 0.2) is 0 Å². The molecule has 200 valence electrons. The van der Waals surface area contributed by atoms with Crippen LogP contribution in [0.5, 0.6) is 0 Å². The first-order chi connectivity index (χ1) is 16.7. The molecule has 10 heteroatoms. The predicted molar refractivity (Wildman–Crippen MR) is 141 cm³/mol. The minimum atomic E-state index is -0.888. The number of likely N-dealkylation sites (N-methyl/N-ethyl adjacent to an activating group) is 1. The zero-order chi connectivity index (χ0) is 25.8. The average molecular weight is 530 g/mol. The van der Waals surface area contributed by atoms with Crippen LogP contribution in [0.2, 0.25) is 0 Å². The van der Waals surface area contributed by atoms with Crippen LogP contribution in [0.3, 0.4) is 0 Å². The molecule has 2 aliphatic rings. The Balaban J connectivity index is 1.91. The number of carbonyl (C=O) groups is 4. The lowest BCUT2D eigenvalue weighted by atomic mass is 9.83. The van der Waals surface area contributed by atoms with Gasteiger partial charge in [-0.2, -0.15) is 0 Å². The van der Waals surface area contributed by atoms with E-state index in [2.05, 4.69) is 16.0 Å². The number of rotatable bonds is 14. The van der Waals surface area contributed by atoms with E-state index in [1.54, 1.807) is 6.92 Å². The molecule has 1 aliphatic heterocycles. The van der Waals surface area contributed by atoms with Gasteiger partial charge in [-0.05, 0) is 44.4 Å². The highest BCUT2D eigenvalue weighted by molar-refractivity contribution is 8.72. The van der Waals surface area contributed by atoms with Crippen LogP contribution >= 0.6 is 10.8 Å².